The average Bonchev–Trinajstić information content (AvgIpc) is 3.15. The normalized spacial score (nSPS) is 35.4. The van der Waals surface area contributed by atoms with Crippen molar-refractivity contribution in [1.29, 1.82) is 0 Å². The lowest BCUT2D eigenvalue weighted by Gasteiger charge is -2.47. The highest BCUT2D eigenvalue weighted by Gasteiger charge is 2.51. The van der Waals surface area contributed by atoms with Gasteiger partial charge in [-0.15, -0.1) is 0 Å². The van der Waals surface area contributed by atoms with Gasteiger partial charge in [0.05, 0.1) is 48.2 Å². The van der Waals surface area contributed by atoms with E-state index >= 15 is 0 Å². The highest BCUT2D eigenvalue weighted by Crippen LogP contribution is 2.52. The van der Waals surface area contributed by atoms with Crippen LogP contribution in [0.2, 0.25) is 0 Å². The van der Waals surface area contributed by atoms with Crippen LogP contribution in [0, 0.1) is 0 Å². The molecule has 3 aliphatic heterocycles. The molecule has 12 unspecified atom stereocenters. The molecule has 7 rings (SSSR count). The van der Waals surface area contributed by atoms with Gasteiger partial charge in [0.15, 0.2) is 36.2 Å². The fourth-order valence-corrected chi connectivity index (χ4v) is 8.89. The summed E-state index contributed by atoms with van der Waals surface area (Å²) >= 11 is 0. The van der Waals surface area contributed by atoms with E-state index in [-0.39, 0.29) is 59.1 Å². The first-order chi connectivity index (χ1) is 26.9. The number of Topliss-reactive ketones (excluding diaryl/α,β-unsaturated/α-hetero) is 2. The zero-order chi connectivity index (χ0) is 41.2. The number of carbonyl (C=O) groups is 4. The van der Waals surface area contributed by atoms with Crippen LogP contribution in [0.25, 0.3) is 0 Å². The van der Waals surface area contributed by atoms with Gasteiger partial charge in [0, 0.05) is 61.3 Å². The molecule has 16 heteroatoms. The first-order valence-corrected chi connectivity index (χ1v) is 19.3. The van der Waals surface area contributed by atoms with E-state index in [1.807, 2.05) is 19.0 Å². The summed E-state index contributed by atoms with van der Waals surface area (Å²) in [6, 6.07) is 4.10. The lowest BCUT2D eigenvalue weighted by molar-refractivity contribution is -0.324. The third kappa shape index (κ3) is 7.40. The molecule has 2 aliphatic carbocycles. The summed E-state index contributed by atoms with van der Waals surface area (Å²) < 4.78 is 42.6. The molecule has 0 aromatic heterocycles. The number of fused-ring (bicyclic) bond motifs is 3. The van der Waals surface area contributed by atoms with Gasteiger partial charge in [-0.3, -0.25) is 19.2 Å². The van der Waals surface area contributed by atoms with Crippen molar-refractivity contribution in [2.24, 2.45) is 0 Å². The van der Waals surface area contributed by atoms with Crippen LogP contribution in [0.5, 0.6) is 17.2 Å². The monoisotopic (exact) mass is 797 g/mol. The maximum absolute atomic E-state index is 14.0. The third-order valence-corrected chi connectivity index (χ3v) is 12.0. The number of phenols is 2. The van der Waals surface area contributed by atoms with Crippen LogP contribution in [0.3, 0.4) is 0 Å². The van der Waals surface area contributed by atoms with Gasteiger partial charge in [-0.05, 0) is 47.9 Å². The first-order valence-electron chi connectivity index (χ1n) is 19.3. The zero-order valence-corrected chi connectivity index (χ0v) is 33.1. The molecular weight excluding hydrogens is 746 g/mol. The molecule has 3 saturated heterocycles. The van der Waals surface area contributed by atoms with Gasteiger partial charge in [-0.1, -0.05) is 12.1 Å². The SMILES string of the molecule is COc1cccc2c1C(=O)c1c(O)c3c(c(O)c1C2=O)CC(O)(C(C)=O)CC3OC1CC(N(C)C)C(OC2CC(O)C(OC3CCC(=O)C(C)O3)C(C)O2)C(C)O1. The van der Waals surface area contributed by atoms with Crippen LogP contribution in [0.4, 0.5) is 0 Å². The molecule has 0 spiro atoms. The number of methoxy groups -OCH3 is 1. The second kappa shape index (κ2) is 15.7. The van der Waals surface area contributed by atoms with E-state index in [4.69, 9.17) is 33.2 Å². The molecule has 12 atom stereocenters. The van der Waals surface area contributed by atoms with E-state index < -0.39 is 114 Å². The van der Waals surface area contributed by atoms with Gasteiger partial charge in [-0.2, -0.15) is 0 Å². The molecular formula is C41H51NO15. The molecule has 3 fully saturated rings. The Balaban J connectivity index is 1.12. The molecule has 2 aromatic rings. The van der Waals surface area contributed by atoms with Crippen molar-refractivity contribution in [3.05, 3.63) is 51.6 Å². The Kier molecular flexibility index (Phi) is 11.4. The summed E-state index contributed by atoms with van der Waals surface area (Å²) in [5, 5.41) is 46.3. The second-order valence-corrected chi connectivity index (χ2v) is 16.0. The molecule has 4 N–H and O–H groups in total. The van der Waals surface area contributed by atoms with Gasteiger partial charge >= 0.3 is 0 Å². The van der Waals surface area contributed by atoms with Gasteiger partial charge in [0.2, 0.25) is 5.78 Å². The Labute approximate surface area is 329 Å². The lowest BCUT2D eigenvalue weighted by Crippen LogP contribution is -2.58. The van der Waals surface area contributed by atoms with Crippen molar-refractivity contribution < 1.29 is 72.8 Å². The number of carbonyl (C=O) groups excluding carboxylic acids is 4. The molecule has 16 nitrogen and oxygen atoms in total. The number of hydrogen-bond donors (Lipinski definition) is 4. The van der Waals surface area contributed by atoms with E-state index in [0.717, 1.165) is 0 Å². The number of rotatable bonds is 9. The molecule has 2 aromatic carbocycles. The third-order valence-electron chi connectivity index (χ3n) is 12.0. The van der Waals surface area contributed by atoms with Crippen LogP contribution < -0.4 is 4.74 Å². The molecule has 310 valence electrons. The summed E-state index contributed by atoms with van der Waals surface area (Å²) in [5.41, 5.74) is -3.15. The highest BCUT2D eigenvalue weighted by atomic mass is 16.7. The number of aliphatic hydroxyl groups excluding tert-OH is 1. The van der Waals surface area contributed by atoms with Gasteiger partial charge in [0.25, 0.3) is 0 Å². The van der Waals surface area contributed by atoms with Gasteiger partial charge < -0.3 is 58.5 Å². The summed E-state index contributed by atoms with van der Waals surface area (Å²) in [5.74, 6) is -3.23. The van der Waals surface area contributed by atoms with Crippen molar-refractivity contribution in [1.82, 2.24) is 4.90 Å². The van der Waals surface area contributed by atoms with E-state index in [0.29, 0.717) is 12.8 Å². The van der Waals surface area contributed by atoms with E-state index in [2.05, 4.69) is 0 Å². The topological polar surface area (TPSA) is 217 Å². The maximum Gasteiger partial charge on any atom is 0.202 e. The van der Waals surface area contributed by atoms with Crippen molar-refractivity contribution in [2.75, 3.05) is 21.2 Å². The largest absolute Gasteiger partial charge is 0.507 e. The van der Waals surface area contributed by atoms with Crippen LogP contribution in [0.15, 0.2) is 18.2 Å². The number of aromatic hydroxyl groups is 2. The predicted octanol–water partition coefficient (Wildman–Crippen LogP) is 2.63. The van der Waals surface area contributed by atoms with Crippen molar-refractivity contribution >= 4 is 23.1 Å². The van der Waals surface area contributed by atoms with Gasteiger partial charge in [-0.25, -0.2) is 0 Å². The fraction of sp³-hybridized carbons (Fsp3) is 0.610. The Hall–Kier alpha value is -3.84. The van der Waals surface area contributed by atoms with E-state index in [1.54, 1.807) is 20.8 Å². The summed E-state index contributed by atoms with van der Waals surface area (Å²) in [7, 11) is 5.05. The Bertz CT molecular complexity index is 1940. The number of aliphatic hydroxyl groups is 2. The van der Waals surface area contributed by atoms with Crippen LogP contribution in [-0.2, 0) is 44.4 Å². The number of hydrogen-bond acceptors (Lipinski definition) is 16. The minimum atomic E-state index is -2.05. The summed E-state index contributed by atoms with van der Waals surface area (Å²) in [6.07, 6.45) is -7.63. The zero-order valence-electron chi connectivity index (χ0n) is 33.1. The first kappa shape index (κ1) is 41.3. The summed E-state index contributed by atoms with van der Waals surface area (Å²) in [4.78, 5) is 54.6. The van der Waals surface area contributed by atoms with Crippen molar-refractivity contribution in [3.63, 3.8) is 0 Å². The molecule has 5 aliphatic rings. The quantitative estimate of drug-likeness (QED) is 0.229. The molecule has 57 heavy (non-hydrogen) atoms. The van der Waals surface area contributed by atoms with Crippen LogP contribution in [0.1, 0.15) is 109 Å². The Morgan fingerprint density at radius 1 is 0.860 bits per heavy atom. The van der Waals surface area contributed by atoms with E-state index in [1.165, 1.54) is 32.2 Å². The highest BCUT2D eigenvalue weighted by molar-refractivity contribution is 6.31. The predicted molar refractivity (Wildman–Crippen MR) is 197 cm³/mol. The number of ketones is 4. The number of nitrogens with zero attached hydrogens (tertiary/aromatic N) is 1. The number of benzene rings is 2. The molecule has 0 saturated carbocycles. The molecule has 3 heterocycles. The maximum atomic E-state index is 14.0. The smallest absolute Gasteiger partial charge is 0.202 e. The number of ether oxygens (including phenoxy) is 7. The van der Waals surface area contributed by atoms with Crippen LogP contribution >= 0.6 is 0 Å². The molecule has 0 amide bonds. The van der Waals surface area contributed by atoms with E-state index in [9.17, 15) is 39.6 Å². The Morgan fingerprint density at radius 2 is 1.51 bits per heavy atom. The number of phenolic OH excluding ortho intramolecular Hbond substituents is 2. The van der Waals surface area contributed by atoms with Crippen molar-refractivity contribution in [3.8, 4) is 17.2 Å². The van der Waals surface area contributed by atoms with Crippen LogP contribution in [-0.4, -0.2) is 137 Å². The molecule has 0 bridgehead atoms. The lowest BCUT2D eigenvalue weighted by atomic mass is 9.72. The summed E-state index contributed by atoms with van der Waals surface area (Å²) in [6.45, 7) is 6.42. The van der Waals surface area contributed by atoms with Crippen molar-refractivity contribution in [2.45, 2.75) is 139 Å². The number of likely N-dealkylation sites (N-methyl/N-ethyl adjacent to an activating group) is 1. The second-order valence-electron chi connectivity index (χ2n) is 16.0. The minimum absolute atomic E-state index is 0.00265. The fourth-order valence-electron chi connectivity index (χ4n) is 8.89. The standard InChI is InChI=1S/C41H51NO15/c1-17-24(44)11-12-28(52-17)56-40-19(3)54-30(14-25(40)45)57-39-18(2)53-29(13-23(39)42(5)6)55-27-16-41(50,20(4)43)15-22-32(27)38(49)34-33(36(22)47)35(46)21-9-8-10-26(51-7)31(21)37(34)48/h8-10,17-19,23,25,27-30,39-40,45,47,49-50H,11-16H2,1-7H3. The van der Waals surface area contributed by atoms with Gasteiger partial charge in [0.1, 0.15) is 41.2 Å². The Morgan fingerprint density at radius 3 is 2.14 bits per heavy atom. The average molecular weight is 798 g/mol. The minimum Gasteiger partial charge on any atom is -0.507 e. The molecule has 0 radical (unpaired) electrons.